The van der Waals surface area contributed by atoms with Gasteiger partial charge < -0.3 is 5.32 Å². The molecular weight excluding hydrogens is 280 g/mol. The zero-order valence-corrected chi connectivity index (χ0v) is 10.5. The van der Waals surface area contributed by atoms with Crippen LogP contribution in [0.4, 0.5) is 5.69 Å². The van der Waals surface area contributed by atoms with Crippen LogP contribution in [0, 0.1) is 40.9 Å². The molecule has 17 heavy (non-hydrogen) atoms. The first-order valence-corrected chi connectivity index (χ1v) is 5.40. The highest BCUT2D eigenvalue weighted by molar-refractivity contribution is 9.10. The number of nitrogens with one attached hydrogen (secondary N) is 1. The molecule has 0 saturated carbocycles. The Kier molecular flexibility index (Phi) is 4.29. The van der Waals surface area contributed by atoms with E-state index in [-0.39, 0.29) is 11.3 Å². The van der Waals surface area contributed by atoms with E-state index in [1.807, 2.05) is 19.1 Å². The molecule has 0 fully saturated rings. The fourth-order valence-electron chi connectivity index (χ4n) is 1.16. The molecule has 0 aliphatic carbocycles. The lowest BCUT2D eigenvalue weighted by Crippen LogP contribution is -2.01. The summed E-state index contributed by atoms with van der Waals surface area (Å²) in [6.45, 7) is 1.90. The Morgan fingerprint density at radius 1 is 1.18 bits per heavy atom. The lowest BCUT2D eigenvalue weighted by molar-refractivity contribution is 1.35. The number of rotatable bonds is 2. The highest BCUT2D eigenvalue weighted by atomic mass is 79.9. The van der Waals surface area contributed by atoms with Crippen molar-refractivity contribution in [2.75, 3.05) is 5.32 Å². The van der Waals surface area contributed by atoms with Crippen LogP contribution < -0.4 is 5.32 Å². The Balaban J connectivity index is 3.21. The van der Waals surface area contributed by atoms with Crippen LogP contribution in [0.15, 0.2) is 33.9 Å². The lowest BCUT2D eigenvalue weighted by atomic mass is 10.2. The van der Waals surface area contributed by atoms with E-state index in [9.17, 15) is 0 Å². The van der Waals surface area contributed by atoms with Crippen molar-refractivity contribution in [2.45, 2.75) is 6.92 Å². The van der Waals surface area contributed by atoms with Crippen molar-refractivity contribution in [3.63, 3.8) is 0 Å². The molecule has 0 spiro atoms. The third kappa shape index (κ3) is 2.84. The molecule has 82 valence electrons. The second kappa shape index (κ2) is 5.70. The van der Waals surface area contributed by atoms with Gasteiger partial charge in [-0.15, -0.1) is 0 Å². The summed E-state index contributed by atoms with van der Waals surface area (Å²) in [6, 6.07) is 10.6. The fraction of sp³-hybridized carbons (Fsp3) is 0.0833. The zero-order chi connectivity index (χ0) is 12.8. The molecule has 0 bridgehead atoms. The van der Waals surface area contributed by atoms with Crippen LogP contribution in [0.5, 0.6) is 0 Å². The Morgan fingerprint density at radius 3 is 2.35 bits per heavy atom. The molecular formula is C12H7BrN4. The number of allylic oxidation sites excluding steroid dienone is 2. The highest BCUT2D eigenvalue weighted by Crippen LogP contribution is 2.27. The minimum absolute atomic E-state index is 0.0544. The van der Waals surface area contributed by atoms with Crippen molar-refractivity contribution in [1.29, 1.82) is 15.8 Å². The SMILES string of the molecule is Cc1cccc(NC(C#N)=C(C#N)C#N)c1Br. The number of benzene rings is 1. The number of nitrogens with zero attached hydrogens (tertiary/aromatic N) is 3. The van der Waals surface area contributed by atoms with Crippen molar-refractivity contribution in [3.8, 4) is 18.2 Å². The van der Waals surface area contributed by atoms with Gasteiger partial charge in [0, 0.05) is 4.47 Å². The minimum atomic E-state index is -0.235. The Labute approximate surface area is 108 Å². The number of halogens is 1. The van der Waals surface area contributed by atoms with Crippen molar-refractivity contribution in [2.24, 2.45) is 0 Å². The Bertz CT molecular complexity index is 580. The molecule has 0 aliphatic heterocycles. The van der Waals surface area contributed by atoms with E-state index in [1.165, 1.54) is 0 Å². The minimum Gasteiger partial charge on any atom is -0.344 e. The maximum absolute atomic E-state index is 8.89. The average molecular weight is 287 g/mol. The lowest BCUT2D eigenvalue weighted by Gasteiger charge is -2.08. The molecule has 4 nitrogen and oxygen atoms in total. The van der Waals surface area contributed by atoms with Gasteiger partial charge in [0.15, 0.2) is 5.57 Å². The van der Waals surface area contributed by atoms with Crippen LogP contribution in [0.2, 0.25) is 0 Å². The molecule has 0 aliphatic rings. The number of hydrogen-bond donors (Lipinski definition) is 1. The van der Waals surface area contributed by atoms with Gasteiger partial charge in [0.1, 0.15) is 23.9 Å². The van der Waals surface area contributed by atoms with E-state index in [4.69, 9.17) is 15.8 Å². The van der Waals surface area contributed by atoms with Crippen LogP contribution >= 0.6 is 15.9 Å². The third-order valence-corrected chi connectivity index (χ3v) is 3.09. The van der Waals surface area contributed by atoms with E-state index in [0.717, 1.165) is 10.0 Å². The van der Waals surface area contributed by atoms with Crippen LogP contribution in [-0.4, -0.2) is 0 Å². The highest BCUT2D eigenvalue weighted by Gasteiger charge is 2.08. The number of anilines is 1. The molecule has 1 aromatic carbocycles. The Hall–Kier alpha value is -2.29. The molecule has 0 amide bonds. The largest absolute Gasteiger partial charge is 0.344 e. The van der Waals surface area contributed by atoms with Crippen LogP contribution in [0.25, 0.3) is 0 Å². The second-order valence-electron chi connectivity index (χ2n) is 3.15. The normalized spacial score (nSPS) is 8.41. The smallest absolute Gasteiger partial charge is 0.163 e. The van der Waals surface area contributed by atoms with Crippen molar-refractivity contribution < 1.29 is 0 Å². The predicted molar refractivity (Wildman–Crippen MR) is 66.4 cm³/mol. The Morgan fingerprint density at radius 2 is 1.82 bits per heavy atom. The maximum Gasteiger partial charge on any atom is 0.163 e. The van der Waals surface area contributed by atoms with Gasteiger partial charge >= 0.3 is 0 Å². The molecule has 0 saturated heterocycles. The van der Waals surface area contributed by atoms with Crippen LogP contribution in [-0.2, 0) is 0 Å². The van der Waals surface area contributed by atoms with Crippen molar-refractivity contribution >= 4 is 21.6 Å². The molecule has 0 atom stereocenters. The molecule has 1 N–H and O–H groups in total. The van der Waals surface area contributed by atoms with Gasteiger partial charge in [-0.05, 0) is 34.5 Å². The summed E-state index contributed by atoms with van der Waals surface area (Å²) in [5.41, 5.74) is 1.34. The van der Waals surface area contributed by atoms with Gasteiger partial charge in [0.05, 0.1) is 5.69 Å². The topological polar surface area (TPSA) is 83.4 Å². The van der Waals surface area contributed by atoms with E-state index in [2.05, 4.69) is 21.2 Å². The summed E-state index contributed by atoms with van der Waals surface area (Å²) in [5.74, 6) is 0. The van der Waals surface area contributed by atoms with Crippen LogP contribution in [0.3, 0.4) is 0 Å². The van der Waals surface area contributed by atoms with E-state index in [1.54, 1.807) is 24.3 Å². The van der Waals surface area contributed by atoms with Gasteiger partial charge in [-0.2, -0.15) is 15.8 Å². The maximum atomic E-state index is 8.89. The monoisotopic (exact) mass is 286 g/mol. The van der Waals surface area contributed by atoms with E-state index >= 15 is 0 Å². The van der Waals surface area contributed by atoms with Gasteiger partial charge in [-0.1, -0.05) is 12.1 Å². The molecule has 0 unspecified atom stereocenters. The summed E-state index contributed by atoms with van der Waals surface area (Å²) in [6.07, 6.45) is 0. The third-order valence-electron chi connectivity index (χ3n) is 2.04. The van der Waals surface area contributed by atoms with Crippen LogP contribution in [0.1, 0.15) is 5.56 Å². The molecule has 0 radical (unpaired) electrons. The van der Waals surface area contributed by atoms with E-state index in [0.29, 0.717) is 5.69 Å². The molecule has 1 rings (SSSR count). The molecule has 5 heteroatoms. The quantitative estimate of drug-likeness (QED) is 0.847. The number of hydrogen-bond acceptors (Lipinski definition) is 4. The van der Waals surface area contributed by atoms with Crippen molar-refractivity contribution in [1.82, 2.24) is 0 Å². The van der Waals surface area contributed by atoms with E-state index < -0.39 is 0 Å². The first kappa shape index (κ1) is 12.8. The summed E-state index contributed by atoms with van der Waals surface area (Å²) < 4.78 is 0.794. The summed E-state index contributed by atoms with van der Waals surface area (Å²) in [7, 11) is 0. The number of aryl methyl sites for hydroxylation is 1. The fourth-order valence-corrected chi connectivity index (χ4v) is 1.53. The summed E-state index contributed by atoms with van der Waals surface area (Å²) in [5, 5.41) is 29.1. The molecule has 0 aromatic heterocycles. The first-order valence-electron chi connectivity index (χ1n) is 4.60. The standard InChI is InChI=1S/C12H7BrN4/c1-8-3-2-4-10(12(8)13)17-11(7-16)9(5-14)6-15/h2-4,17H,1H3. The first-order chi connectivity index (χ1) is 8.13. The van der Waals surface area contributed by atoms with Crippen molar-refractivity contribution in [3.05, 3.63) is 39.5 Å². The second-order valence-corrected chi connectivity index (χ2v) is 3.94. The van der Waals surface area contributed by atoms with Gasteiger partial charge in [0.2, 0.25) is 0 Å². The van der Waals surface area contributed by atoms with Gasteiger partial charge in [0.25, 0.3) is 0 Å². The summed E-state index contributed by atoms with van der Waals surface area (Å²) in [4.78, 5) is 0. The number of nitriles is 3. The molecule has 1 aromatic rings. The summed E-state index contributed by atoms with van der Waals surface area (Å²) >= 11 is 3.37. The predicted octanol–water partition coefficient (Wildman–Crippen LogP) is 2.99. The average Bonchev–Trinajstić information content (AvgIpc) is 2.34. The van der Waals surface area contributed by atoms with Gasteiger partial charge in [-0.25, -0.2) is 0 Å². The van der Waals surface area contributed by atoms with Gasteiger partial charge in [-0.3, -0.25) is 0 Å². The molecule has 0 heterocycles. The zero-order valence-electron chi connectivity index (χ0n) is 8.95.